The summed E-state index contributed by atoms with van der Waals surface area (Å²) in [5.74, 6) is 1.23. The maximum absolute atomic E-state index is 12.1. The molecule has 0 fully saturated rings. The summed E-state index contributed by atoms with van der Waals surface area (Å²) in [5.41, 5.74) is 3.32. The fourth-order valence-corrected chi connectivity index (χ4v) is 3.00. The van der Waals surface area contributed by atoms with Gasteiger partial charge in [0, 0.05) is 11.4 Å². The second-order valence-corrected chi connectivity index (χ2v) is 5.96. The van der Waals surface area contributed by atoms with E-state index in [9.17, 15) is 4.79 Å². The molecule has 0 saturated carbocycles. The molecule has 0 spiro atoms. The van der Waals surface area contributed by atoms with E-state index in [-0.39, 0.29) is 11.7 Å². The smallest absolute Gasteiger partial charge is 0.156 e. The maximum atomic E-state index is 12.1. The van der Waals surface area contributed by atoms with E-state index in [1.165, 1.54) is 5.56 Å². The van der Waals surface area contributed by atoms with Crippen molar-refractivity contribution in [2.45, 2.75) is 18.8 Å². The molecule has 0 N–H and O–H groups in total. The maximum Gasteiger partial charge on any atom is 0.156 e. The average Bonchev–Trinajstić information content (AvgIpc) is 2.55. The van der Waals surface area contributed by atoms with Crippen molar-refractivity contribution >= 4 is 23.0 Å². The summed E-state index contributed by atoms with van der Waals surface area (Å²) in [5, 5.41) is 0.707. The highest BCUT2D eigenvalue weighted by molar-refractivity contribution is 6.30. The SMILES string of the molecule is COc1ccc(C2CC(=O)C=C(c3ccc(Cl)cc3)C2)cc1. The van der Waals surface area contributed by atoms with Gasteiger partial charge in [0.2, 0.25) is 0 Å². The molecule has 22 heavy (non-hydrogen) atoms. The van der Waals surface area contributed by atoms with Gasteiger partial charge in [-0.1, -0.05) is 35.9 Å². The molecule has 2 aromatic carbocycles. The van der Waals surface area contributed by atoms with Crippen molar-refractivity contribution in [2.75, 3.05) is 7.11 Å². The number of benzene rings is 2. The van der Waals surface area contributed by atoms with Crippen molar-refractivity contribution < 1.29 is 9.53 Å². The van der Waals surface area contributed by atoms with Crippen LogP contribution in [-0.2, 0) is 4.79 Å². The van der Waals surface area contributed by atoms with Gasteiger partial charge >= 0.3 is 0 Å². The van der Waals surface area contributed by atoms with Gasteiger partial charge in [-0.25, -0.2) is 0 Å². The lowest BCUT2D eigenvalue weighted by atomic mass is 9.81. The Hall–Kier alpha value is -2.06. The molecule has 0 heterocycles. The molecule has 1 aliphatic carbocycles. The van der Waals surface area contributed by atoms with E-state index in [4.69, 9.17) is 16.3 Å². The monoisotopic (exact) mass is 312 g/mol. The van der Waals surface area contributed by atoms with Gasteiger partial charge < -0.3 is 4.74 Å². The molecule has 0 aromatic heterocycles. The minimum absolute atomic E-state index is 0.178. The molecule has 1 aliphatic rings. The Balaban J connectivity index is 1.85. The van der Waals surface area contributed by atoms with Gasteiger partial charge in [0.1, 0.15) is 5.75 Å². The zero-order valence-electron chi connectivity index (χ0n) is 12.4. The van der Waals surface area contributed by atoms with Crippen molar-refractivity contribution in [1.82, 2.24) is 0 Å². The highest BCUT2D eigenvalue weighted by Crippen LogP contribution is 2.36. The van der Waals surface area contributed by atoms with Crippen molar-refractivity contribution in [2.24, 2.45) is 0 Å². The quantitative estimate of drug-likeness (QED) is 0.807. The molecule has 0 aliphatic heterocycles. The van der Waals surface area contributed by atoms with Gasteiger partial charge in [-0.2, -0.15) is 0 Å². The minimum atomic E-state index is 0.178. The molecule has 1 atom stereocenters. The number of hydrogen-bond donors (Lipinski definition) is 0. The third-order valence-electron chi connectivity index (χ3n) is 4.05. The third-order valence-corrected chi connectivity index (χ3v) is 4.30. The van der Waals surface area contributed by atoms with Crippen LogP contribution in [0.3, 0.4) is 0 Å². The van der Waals surface area contributed by atoms with E-state index in [2.05, 4.69) is 0 Å². The topological polar surface area (TPSA) is 26.3 Å². The summed E-state index contributed by atoms with van der Waals surface area (Å²) in [4.78, 5) is 12.1. The second-order valence-electron chi connectivity index (χ2n) is 5.52. The average molecular weight is 313 g/mol. The first-order valence-electron chi connectivity index (χ1n) is 7.29. The molecule has 0 saturated heterocycles. The minimum Gasteiger partial charge on any atom is -0.497 e. The summed E-state index contributed by atoms with van der Waals surface area (Å²) in [7, 11) is 1.65. The molecule has 0 bridgehead atoms. The van der Waals surface area contributed by atoms with E-state index in [1.54, 1.807) is 13.2 Å². The predicted molar refractivity (Wildman–Crippen MR) is 89.4 cm³/mol. The van der Waals surface area contributed by atoms with Crippen molar-refractivity contribution in [3.05, 3.63) is 70.8 Å². The third kappa shape index (κ3) is 3.23. The number of halogens is 1. The summed E-state index contributed by atoms with van der Waals surface area (Å²) < 4.78 is 5.19. The summed E-state index contributed by atoms with van der Waals surface area (Å²) in [6, 6.07) is 15.6. The van der Waals surface area contributed by atoms with Crippen LogP contribution in [0.2, 0.25) is 5.02 Å². The van der Waals surface area contributed by atoms with Crippen LogP contribution < -0.4 is 4.74 Å². The standard InChI is InChI=1S/C19H17ClO2/c1-22-19-8-4-14(5-9-19)16-10-15(11-18(21)12-16)13-2-6-17(20)7-3-13/h2-9,11,16H,10,12H2,1H3. The Kier molecular flexibility index (Phi) is 4.30. The fraction of sp³-hybridized carbons (Fsp3) is 0.211. The van der Waals surface area contributed by atoms with Gasteiger partial charge in [-0.15, -0.1) is 0 Å². The second kappa shape index (κ2) is 6.37. The highest BCUT2D eigenvalue weighted by atomic mass is 35.5. The van der Waals surface area contributed by atoms with Crippen LogP contribution in [0.1, 0.15) is 29.9 Å². The molecule has 0 radical (unpaired) electrons. The zero-order valence-corrected chi connectivity index (χ0v) is 13.1. The Morgan fingerprint density at radius 2 is 1.68 bits per heavy atom. The lowest BCUT2D eigenvalue weighted by Crippen LogP contribution is -2.12. The fourth-order valence-electron chi connectivity index (χ4n) is 2.87. The Morgan fingerprint density at radius 1 is 1.00 bits per heavy atom. The van der Waals surface area contributed by atoms with Gasteiger partial charge in [0.15, 0.2) is 5.78 Å². The Morgan fingerprint density at radius 3 is 2.32 bits per heavy atom. The number of ketones is 1. The summed E-state index contributed by atoms with van der Waals surface area (Å²) in [6.07, 6.45) is 3.19. The number of carbonyl (C=O) groups excluding carboxylic acids is 1. The zero-order chi connectivity index (χ0) is 15.5. The van der Waals surface area contributed by atoms with E-state index in [1.807, 2.05) is 48.5 Å². The van der Waals surface area contributed by atoms with E-state index < -0.39 is 0 Å². The molecule has 1 unspecified atom stereocenters. The number of carbonyl (C=O) groups is 1. The van der Waals surface area contributed by atoms with Crippen LogP contribution in [0.5, 0.6) is 5.75 Å². The normalized spacial score (nSPS) is 18.0. The molecule has 2 aromatic rings. The summed E-state index contributed by atoms with van der Waals surface area (Å²) >= 11 is 5.93. The molecular weight excluding hydrogens is 296 g/mol. The Bertz CT molecular complexity index is 699. The van der Waals surface area contributed by atoms with E-state index >= 15 is 0 Å². The largest absolute Gasteiger partial charge is 0.497 e. The first-order valence-corrected chi connectivity index (χ1v) is 7.67. The van der Waals surface area contributed by atoms with E-state index in [0.717, 1.165) is 23.3 Å². The molecule has 0 amide bonds. The molecule has 3 rings (SSSR count). The Labute approximate surface area is 135 Å². The van der Waals surface area contributed by atoms with Gasteiger partial charge in [0.05, 0.1) is 7.11 Å². The number of allylic oxidation sites excluding steroid dienone is 2. The molecule has 112 valence electrons. The number of methoxy groups -OCH3 is 1. The van der Waals surface area contributed by atoms with Crippen LogP contribution in [0.4, 0.5) is 0 Å². The first kappa shape index (κ1) is 14.9. The molecular formula is C19H17ClO2. The van der Waals surface area contributed by atoms with Crippen LogP contribution in [-0.4, -0.2) is 12.9 Å². The molecule has 2 nitrogen and oxygen atoms in total. The van der Waals surface area contributed by atoms with Gasteiger partial charge in [-0.05, 0) is 59.4 Å². The summed E-state index contributed by atoms with van der Waals surface area (Å²) in [6.45, 7) is 0. The molecule has 3 heteroatoms. The van der Waals surface area contributed by atoms with Crippen LogP contribution in [0.25, 0.3) is 5.57 Å². The van der Waals surface area contributed by atoms with Gasteiger partial charge in [0.25, 0.3) is 0 Å². The van der Waals surface area contributed by atoms with Crippen LogP contribution >= 0.6 is 11.6 Å². The van der Waals surface area contributed by atoms with Crippen molar-refractivity contribution in [3.8, 4) is 5.75 Å². The highest BCUT2D eigenvalue weighted by Gasteiger charge is 2.23. The van der Waals surface area contributed by atoms with Crippen LogP contribution in [0, 0.1) is 0 Å². The van der Waals surface area contributed by atoms with E-state index in [0.29, 0.717) is 11.4 Å². The van der Waals surface area contributed by atoms with Crippen LogP contribution in [0.15, 0.2) is 54.6 Å². The number of hydrogen-bond acceptors (Lipinski definition) is 2. The lowest BCUT2D eigenvalue weighted by molar-refractivity contribution is -0.115. The van der Waals surface area contributed by atoms with Crippen molar-refractivity contribution in [3.63, 3.8) is 0 Å². The van der Waals surface area contributed by atoms with Gasteiger partial charge in [-0.3, -0.25) is 4.79 Å². The number of rotatable bonds is 3. The lowest BCUT2D eigenvalue weighted by Gasteiger charge is -2.23. The predicted octanol–water partition coefficient (Wildman–Crippen LogP) is 4.88. The number of ether oxygens (including phenoxy) is 1. The first-order chi connectivity index (χ1) is 10.7. The van der Waals surface area contributed by atoms with Crippen molar-refractivity contribution in [1.29, 1.82) is 0 Å².